The summed E-state index contributed by atoms with van der Waals surface area (Å²) < 4.78 is 26.6. The highest BCUT2D eigenvalue weighted by atomic mass is 19.3. The second-order valence-corrected chi connectivity index (χ2v) is 10.3. The molecule has 1 N–H and O–H groups in total. The Morgan fingerprint density at radius 3 is 2.74 bits per heavy atom. The van der Waals surface area contributed by atoms with E-state index in [9.17, 15) is 13.6 Å². The molecule has 0 spiro atoms. The van der Waals surface area contributed by atoms with Crippen LogP contribution in [0.25, 0.3) is 5.57 Å². The molecule has 1 aromatic heterocycles. The lowest BCUT2D eigenvalue weighted by molar-refractivity contribution is -0.116. The molecular weight excluding hydrogens is 394 g/mol. The molecule has 0 aromatic carbocycles. The number of fused-ring (bicyclic) bond motifs is 5. The smallest absolute Gasteiger partial charge is 0.265 e. The fourth-order valence-corrected chi connectivity index (χ4v) is 7.12. The van der Waals surface area contributed by atoms with Gasteiger partial charge in [-0.3, -0.25) is 9.78 Å². The largest absolute Gasteiger partial charge is 0.353 e. The number of alkyl halides is 2. The number of halogens is 2. The highest BCUT2D eigenvalue weighted by Gasteiger charge is 2.55. The average Bonchev–Trinajstić information content (AvgIpc) is 3.00. The summed E-state index contributed by atoms with van der Waals surface area (Å²) >= 11 is 0. The minimum absolute atomic E-state index is 0.0174. The molecule has 1 unspecified atom stereocenters. The Bertz CT molecular complexity index is 1030. The fourth-order valence-electron chi connectivity index (χ4n) is 7.12. The van der Waals surface area contributed by atoms with Crippen molar-refractivity contribution in [2.45, 2.75) is 52.9 Å². The molecule has 3 nitrogen and oxygen atoms in total. The predicted octanol–water partition coefficient (Wildman–Crippen LogP) is 5.87. The molecule has 2 fully saturated rings. The number of carbonyl (C=O) groups excluding carboxylic acids is 1. The molecule has 1 amide bonds. The zero-order chi connectivity index (χ0) is 22.0. The van der Waals surface area contributed by atoms with E-state index in [4.69, 9.17) is 0 Å². The maximum atomic E-state index is 13.3. The van der Waals surface area contributed by atoms with E-state index in [1.807, 2.05) is 6.08 Å². The van der Waals surface area contributed by atoms with Crippen LogP contribution in [0.2, 0.25) is 0 Å². The number of aromatic nitrogens is 1. The highest BCUT2D eigenvalue weighted by molar-refractivity contribution is 5.89. The van der Waals surface area contributed by atoms with E-state index in [0.717, 1.165) is 43.4 Å². The monoisotopic (exact) mass is 424 g/mol. The van der Waals surface area contributed by atoms with Crippen molar-refractivity contribution < 1.29 is 13.6 Å². The van der Waals surface area contributed by atoms with Gasteiger partial charge in [0, 0.05) is 36.0 Å². The number of pyridine rings is 1. The van der Waals surface area contributed by atoms with E-state index < -0.39 is 6.43 Å². The molecule has 164 valence electrons. The first kappa shape index (κ1) is 20.6. The first-order chi connectivity index (χ1) is 14.7. The predicted molar refractivity (Wildman–Crippen MR) is 117 cm³/mol. The van der Waals surface area contributed by atoms with Crippen LogP contribution in [-0.2, 0) is 4.79 Å². The average molecular weight is 425 g/mol. The molecule has 1 aromatic rings. The molecule has 2 saturated carbocycles. The van der Waals surface area contributed by atoms with Crippen LogP contribution in [0, 0.1) is 28.6 Å². The van der Waals surface area contributed by atoms with Gasteiger partial charge in [0.1, 0.15) is 0 Å². The lowest BCUT2D eigenvalue weighted by Gasteiger charge is -2.56. The molecule has 0 bridgehead atoms. The summed E-state index contributed by atoms with van der Waals surface area (Å²) in [4.78, 5) is 16.3. The van der Waals surface area contributed by atoms with Crippen molar-refractivity contribution in [3.63, 3.8) is 0 Å². The molecule has 5 rings (SSSR count). The maximum Gasteiger partial charge on any atom is 0.265 e. The number of rotatable bonds is 2. The molecule has 4 aliphatic rings. The van der Waals surface area contributed by atoms with Gasteiger partial charge in [-0.05, 0) is 66.1 Å². The van der Waals surface area contributed by atoms with Gasteiger partial charge >= 0.3 is 0 Å². The van der Waals surface area contributed by atoms with Crippen molar-refractivity contribution in [2.24, 2.45) is 28.6 Å². The van der Waals surface area contributed by atoms with E-state index in [-0.39, 0.29) is 22.3 Å². The zero-order valence-electron chi connectivity index (χ0n) is 18.4. The van der Waals surface area contributed by atoms with Crippen molar-refractivity contribution >= 4 is 11.5 Å². The van der Waals surface area contributed by atoms with Crippen molar-refractivity contribution in [3.05, 3.63) is 59.0 Å². The highest BCUT2D eigenvalue weighted by Crippen LogP contribution is 2.65. The van der Waals surface area contributed by atoms with Gasteiger partial charge in [-0.25, -0.2) is 8.78 Å². The third kappa shape index (κ3) is 3.03. The molecular formula is C26H30F2N2O. The van der Waals surface area contributed by atoms with E-state index >= 15 is 0 Å². The third-order valence-electron chi connectivity index (χ3n) is 8.67. The first-order valence-corrected chi connectivity index (χ1v) is 11.4. The Hall–Kier alpha value is -2.30. The number of hydrogen-bond donors (Lipinski definition) is 1. The second-order valence-electron chi connectivity index (χ2n) is 10.3. The minimum atomic E-state index is -2.51. The maximum absolute atomic E-state index is 13.3. The summed E-state index contributed by atoms with van der Waals surface area (Å²) in [5.74, 6) is 1.34. The van der Waals surface area contributed by atoms with E-state index in [2.05, 4.69) is 43.2 Å². The van der Waals surface area contributed by atoms with Gasteiger partial charge in [0.25, 0.3) is 6.43 Å². The SMILES string of the molecule is CC1C[C@H]2C3=CC=C(c4cncc(C(F)F)c4)[C@@]3(C)CC[C@@H]2[C@@]2(C)CCNC(=O)C=C12. The van der Waals surface area contributed by atoms with Crippen molar-refractivity contribution in [3.8, 4) is 0 Å². The standard InChI is InChI=1S/C26H30F2N2O/c1-15-10-18-20-5-4-19(16-11-17(24(27)28)14-29-13-16)25(20,2)7-6-21(18)26(3)8-9-30-23(31)12-22(15)26/h4-5,11-15,18,21,24H,6-10H2,1-3H3,(H,30,31)/t15?,18-,21-,25+,26+/m0/s1. The van der Waals surface area contributed by atoms with Crippen LogP contribution >= 0.6 is 0 Å². The summed E-state index contributed by atoms with van der Waals surface area (Å²) in [5.41, 5.74) is 4.54. The van der Waals surface area contributed by atoms with Crippen LogP contribution < -0.4 is 5.32 Å². The van der Waals surface area contributed by atoms with Crippen molar-refractivity contribution in [1.29, 1.82) is 0 Å². The van der Waals surface area contributed by atoms with Crippen LogP contribution in [0.1, 0.15) is 64.0 Å². The lowest BCUT2D eigenvalue weighted by atomic mass is 9.47. The number of amides is 1. The lowest BCUT2D eigenvalue weighted by Crippen LogP contribution is -2.48. The van der Waals surface area contributed by atoms with Gasteiger partial charge in [0.2, 0.25) is 5.91 Å². The van der Waals surface area contributed by atoms with Gasteiger partial charge < -0.3 is 5.32 Å². The number of allylic oxidation sites excluding steroid dienone is 5. The summed E-state index contributed by atoms with van der Waals surface area (Å²) in [6, 6.07) is 1.60. The van der Waals surface area contributed by atoms with Crippen LogP contribution in [0.15, 0.2) is 47.8 Å². The normalized spacial score (nSPS) is 37.0. The Balaban J connectivity index is 1.50. The molecule has 0 saturated heterocycles. The van der Waals surface area contributed by atoms with Gasteiger partial charge in [-0.1, -0.05) is 44.1 Å². The van der Waals surface area contributed by atoms with Gasteiger partial charge in [-0.2, -0.15) is 0 Å². The van der Waals surface area contributed by atoms with Crippen LogP contribution in [0.4, 0.5) is 8.78 Å². The first-order valence-electron chi connectivity index (χ1n) is 11.4. The molecule has 5 heteroatoms. The molecule has 31 heavy (non-hydrogen) atoms. The minimum Gasteiger partial charge on any atom is -0.353 e. The van der Waals surface area contributed by atoms with Crippen molar-refractivity contribution in [2.75, 3.05) is 6.54 Å². The van der Waals surface area contributed by atoms with Gasteiger partial charge in [0.05, 0.1) is 0 Å². The van der Waals surface area contributed by atoms with Crippen LogP contribution in [-0.4, -0.2) is 17.4 Å². The molecule has 5 atom stereocenters. The molecule has 1 aliphatic heterocycles. The summed E-state index contributed by atoms with van der Waals surface area (Å²) in [6.45, 7) is 7.61. The summed E-state index contributed by atoms with van der Waals surface area (Å²) in [5, 5.41) is 3.03. The molecule has 2 heterocycles. The van der Waals surface area contributed by atoms with E-state index in [1.54, 1.807) is 12.3 Å². The van der Waals surface area contributed by atoms with E-state index in [0.29, 0.717) is 17.8 Å². The number of carbonyl (C=O) groups is 1. The Morgan fingerprint density at radius 2 is 1.97 bits per heavy atom. The number of hydrogen-bond acceptors (Lipinski definition) is 2. The van der Waals surface area contributed by atoms with E-state index in [1.165, 1.54) is 17.3 Å². The molecule has 0 radical (unpaired) electrons. The molecule has 3 aliphatic carbocycles. The second kappa shape index (κ2) is 7.11. The zero-order valence-corrected chi connectivity index (χ0v) is 18.4. The third-order valence-corrected chi connectivity index (χ3v) is 8.67. The van der Waals surface area contributed by atoms with Crippen LogP contribution in [0.3, 0.4) is 0 Å². The van der Waals surface area contributed by atoms with Crippen molar-refractivity contribution in [1.82, 2.24) is 10.3 Å². The Kier molecular flexibility index (Phi) is 4.72. The Morgan fingerprint density at radius 1 is 1.16 bits per heavy atom. The topological polar surface area (TPSA) is 42.0 Å². The fraction of sp³-hybridized carbons (Fsp3) is 0.538. The number of nitrogens with zero attached hydrogens (tertiary/aromatic N) is 1. The summed E-state index contributed by atoms with van der Waals surface area (Å²) in [6.07, 6.45) is 10.8. The van der Waals surface area contributed by atoms with Crippen LogP contribution in [0.5, 0.6) is 0 Å². The quantitative estimate of drug-likeness (QED) is 0.645. The van der Waals surface area contributed by atoms with Gasteiger partial charge in [-0.15, -0.1) is 0 Å². The number of nitrogens with one attached hydrogen (secondary N) is 1. The summed E-state index contributed by atoms with van der Waals surface area (Å²) in [7, 11) is 0. The van der Waals surface area contributed by atoms with Gasteiger partial charge in [0.15, 0.2) is 0 Å². The Labute approximate surface area is 182 Å².